The number of nitrogens with zero attached hydrogens (tertiary/aromatic N) is 4. The van der Waals surface area contributed by atoms with Gasteiger partial charge >= 0.3 is 0 Å². The number of aromatic nitrogens is 4. The van der Waals surface area contributed by atoms with Crippen LogP contribution < -0.4 is 0 Å². The van der Waals surface area contributed by atoms with Crippen LogP contribution in [0.1, 0.15) is 0 Å². The van der Waals surface area contributed by atoms with Crippen molar-refractivity contribution < 1.29 is 4.42 Å². The summed E-state index contributed by atoms with van der Waals surface area (Å²) < 4.78 is 8.75. The predicted octanol–water partition coefficient (Wildman–Crippen LogP) is 11.9. The van der Waals surface area contributed by atoms with Crippen molar-refractivity contribution in [3.63, 3.8) is 0 Å². The van der Waals surface area contributed by atoms with Gasteiger partial charge in [-0.3, -0.25) is 0 Å². The van der Waals surface area contributed by atoms with Gasteiger partial charge in [-0.2, -0.15) is 0 Å². The van der Waals surface area contributed by atoms with E-state index < -0.39 is 0 Å². The minimum absolute atomic E-state index is 0.554. The standard InChI is InChI=1S/C44H26N4OS/c1-4-14-27(15-5-1)34-25-31(24-30-20-10-11-21-32(30)34)42-46-41(28-16-6-2-7-17-28)47-43(48-42)38-39-36(49-44(45-39)29-18-8-3-9-19-29)26-35-33-22-12-13-23-37(33)50-40(35)38/h1-26H. The Bertz CT molecular complexity index is 2860. The van der Waals surface area contributed by atoms with Crippen LogP contribution in [0.4, 0.5) is 0 Å². The molecule has 0 bridgehead atoms. The third-order valence-electron chi connectivity index (χ3n) is 9.14. The average molecular weight is 659 g/mol. The Kier molecular flexibility index (Phi) is 6.60. The first kappa shape index (κ1) is 28.5. The SMILES string of the molecule is c1ccc(-c2nc(-c3cc(-c4ccccc4)c4ccccc4c3)nc(-c3c4nc(-c5ccccc5)oc4cc4c3sc3ccccc34)n2)cc1. The molecule has 10 rings (SSSR count). The monoisotopic (exact) mass is 658 g/mol. The first-order chi connectivity index (χ1) is 24.8. The van der Waals surface area contributed by atoms with Gasteiger partial charge in [0, 0.05) is 36.9 Å². The molecule has 0 saturated heterocycles. The van der Waals surface area contributed by atoms with Crippen LogP contribution in [0.25, 0.3) is 98.8 Å². The van der Waals surface area contributed by atoms with Gasteiger partial charge in [0.2, 0.25) is 5.89 Å². The highest BCUT2D eigenvalue weighted by atomic mass is 32.1. The smallest absolute Gasteiger partial charge is 0.227 e. The molecule has 5 nitrogen and oxygen atoms in total. The van der Waals surface area contributed by atoms with Crippen molar-refractivity contribution >= 4 is 53.4 Å². The van der Waals surface area contributed by atoms with E-state index in [2.05, 4.69) is 91.0 Å². The van der Waals surface area contributed by atoms with Crippen LogP contribution in [0.5, 0.6) is 0 Å². The zero-order valence-electron chi connectivity index (χ0n) is 26.6. The molecule has 0 spiro atoms. The highest BCUT2D eigenvalue weighted by molar-refractivity contribution is 7.26. The highest BCUT2D eigenvalue weighted by Gasteiger charge is 2.24. The van der Waals surface area contributed by atoms with E-state index in [1.807, 2.05) is 66.7 Å². The molecule has 0 aliphatic carbocycles. The molecule has 50 heavy (non-hydrogen) atoms. The summed E-state index contributed by atoms with van der Waals surface area (Å²) in [7, 11) is 0. The summed E-state index contributed by atoms with van der Waals surface area (Å²) in [5.41, 5.74) is 7.25. The Balaban J connectivity index is 1.29. The van der Waals surface area contributed by atoms with Crippen LogP contribution in [-0.4, -0.2) is 19.9 Å². The third kappa shape index (κ3) is 4.77. The van der Waals surface area contributed by atoms with Gasteiger partial charge in [-0.1, -0.05) is 121 Å². The second-order valence-electron chi connectivity index (χ2n) is 12.2. The lowest BCUT2D eigenvalue weighted by Crippen LogP contribution is -2.01. The van der Waals surface area contributed by atoms with E-state index in [0.29, 0.717) is 28.9 Å². The second kappa shape index (κ2) is 11.6. The van der Waals surface area contributed by atoms with E-state index in [0.717, 1.165) is 59.8 Å². The molecule has 0 aliphatic rings. The van der Waals surface area contributed by atoms with Gasteiger partial charge in [-0.15, -0.1) is 11.3 Å². The molecule has 10 aromatic rings. The molecule has 3 aromatic heterocycles. The number of thiophene rings is 1. The Morgan fingerprint density at radius 3 is 1.80 bits per heavy atom. The summed E-state index contributed by atoms with van der Waals surface area (Å²) in [4.78, 5) is 20.7. The molecule has 3 heterocycles. The molecular formula is C44H26N4OS. The molecular weight excluding hydrogens is 633 g/mol. The average Bonchev–Trinajstić information content (AvgIpc) is 3.79. The van der Waals surface area contributed by atoms with Crippen molar-refractivity contribution in [1.82, 2.24) is 19.9 Å². The number of benzene rings is 7. The van der Waals surface area contributed by atoms with Crippen molar-refractivity contribution in [2.24, 2.45) is 0 Å². The minimum Gasteiger partial charge on any atom is -0.436 e. The highest BCUT2D eigenvalue weighted by Crippen LogP contribution is 2.45. The van der Waals surface area contributed by atoms with E-state index >= 15 is 0 Å². The largest absolute Gasteiger partial charge is 0.436 e. The molecule has 0 fully saturated rings. The van der Waals surface area contributed by atoms with Crippen LogP contribution in [0.2, 0.25) is 0 Å². The number of oxazole rings is 1. The summed E-state index contributed by atoms with van der Waals surface area (Å²) in [6.45, 7) is 0. The van der Waals surface area contributed by atoms with Crippen LogP contribution >= 0.6 is 11.3 Å². The van der Waals surface area contributed by atoms with Gasteiger partial charge in [0.15, 0.2) is 23.1 Å². The van der Waals surface area contributed by atoms with E-state index in [-0.39, 0.29) is 0 Å². The van der Waals surface area contributed by atoms with Gasteiger partial charge in [0.1, 0.15) is 5.52 Å². The fourth-order valence-corrected chi connectivity index (χ4v) is 8.01. The maximum atomic E-state index is 6.51. The predicted molar refractivity (Wildman–Crippen MR) is 205 cm³/mol. The Morgan fingerprint density at radius 2 is 1.04 bits per heavy atom. The molecule has 0 unspecified atom stereocenters. The lowest BCUT2D eigenvalue weighted by atomic mass is 9.95. The molecule has 0 radical (unpaired) electrons. The molecule has 0 aliphatic heterocycles. The van der Waals surface area contributed by atoms with Gasteiger partial charge in [0.05, 0.1) is 5.56 Å². The van der Waals surface area contributed by atoms with Crippen molar-refractivity contribution in [2.75, 3.05) is 0 Å². The van der Waals surface area contributed by atoms with Gasteiger partial charge in [0.25, 0.3) is 0 Å². The van der Waals surface area contributed by atoms with Crippen molar-refractivity contribution in [2.45, 2.75) is 0 Å². The summed E-state index contributed by atoms with van der Waals surface area (Å²) in [6.07, 6.45) is 0. The van der Waals surface area contributed by atoms with E-state index in [1.165, 1.54) is 10.1 Å². The Morgan fingerprint density at radius 1 is 0.440 bits per heavy atom. The molecule has 0 amide bonds. The maximum Gasteiger partial charge on any atom is 0.227 e. The molecule has 0 atom stereocenters. The number of rotatable bonds is 5. The number of hydrogen-bond acceptors (Lipinski definition) is 6. The van der Waals surface area contributed by atoms with E-state index in [1.54, 1.807) is 11.3 Å². The van der Waals surface area contributed by atoms with Gasteiger partial charge < -0.3 is 4.42 Å². The normalized spacial score (nSPS) is 11.6. The molecule has 7 aromatic carbocycles. The fraction of sp³-hybridized carbons (Fsp3) is 0. The molecule has 234 valence electrons. The Labute approximate surface area is 291 Å². The first-order valence-corrected chi connectivity index (χ1v) is 17.3. The van der Waals surface area contributed by atoms with E-state index in [9.17, 15) is 0 Å². The van der Waals surface area contributed by atoms with Gasteiger partial charge in [-0.25, -0.2) is 19.9 Å². The number of hydrogen-bond donors (Lipinski definition) is 0. The van der Waals surface area contributed by atoms with Crippen molar-refractivity contribution in [1.29, 1.82) is 0 Å². The summed E-state index contributed by atoms with van der Waals surface area (Å²) in [6, 6.07) is 54.0. The Hall–Kier alpha value is -6.50. The van der Waals surface area contributed by atoms with Crippen LogP contribution in [0.15, 0.2) is 162 Å². The second-order valence-corrected chi connectivity index (χ2v) is 13.3. The summed E-state index contributed by atoms with van der Waals surface area (Å²) in [5, 5.41) is 4.54. The van der Waals surface area contributed by atoms with Gasteiger partial charge in [-0.05, 0) is 58.3 Å². The minimum atomic E-state index is 0.554. The van der Waals surface area contributed by atoms with Crippen LogP contribution in [0, 0.1) is 0 Å². The lowest BCUT2D eigenvalue weighted by molar-refractivity contribution is 0.620. The maximum absolute atomic E-state index is 6.51. The van der Waals surface area contributed by atoms with Crippen LogP contribution in [0.3, 0.4) is 0 Å². The zero-order chi connectivity index (χ0) is 33.0. The van der Waals surface area contributed by atoms with Crippen LogP contribution in [-0.2, 0) is 0 Å². The topological polar surface area (TPSA) is 64.7 Å². The fourth-order valence-electron chi connectivity index (χ4n) is 6.78. The lowest BCUT2D eigenvalue weighted by Gasteiger charge is -2.13. The molecule has 0 saturated carbocycles. The third-order valence-corrected chi connectivity index (χ3v) is 10.3. The summed E-state index contributed by atoms with van der Waals surface area (Å²) in [5.74, 6) is 2.30. The number of fused-ring (bicyclic) bond motifs is 5. The first-order valence-electron chi connectivity index (χ1n) is 16.5. The van der Waals surface area contributed by atoms with E-state index in [4.69, 9.17) is 24.4 Å². The molecule has 0 N–H and O–H groups in total. The zero-order valence-corrected chi connectivity index (χ0v) is 27.4. The van der Waals surface area contributed by atoms with Crippen molar-refractivity contribution in [3.8, 4) is 56.7 Å². The quantitative estimate of drug-likeness (QED) is 0.184. The van der Waals surface area contributed by atoms with Crippen molar-refractivity contribution in [3.05, 3.63) is 158 Å². The molecule has 6 heteroatoms. The summed E-state index contributed by atoms with van der Waals surface area (Å²) >= 11 is 1.73.